The molecule has 2 aromatic rings. The minimum atomic E-state index is 0.0951. The lowest BCUT2D eigenvalue weighted by Crippen LogP contribution is -2.31. The van der Waals surface area contributed by atoms with Gasteiger partial charge in [0, 0.05) is 25.4 Å². The Balaban J connectivity index is 1.64. The van der Waals surface area contributed by atoms with Crippen LogP contribution in [0.5, 0.6) is 0 Å². The van der Waals surface area contributed by atoms with Gasteiger partial charge in [0.15, 0.2) is 0 Å². The third-order valence-corrected chi connectivity index (χ3v) is 3.89. The Kier molecular flexibility index (Phi) is 4.27. The first kappa shape index (κ1) is 14.4. The molecule has 0 saturated carbocycles. The molecule has 0 aliphatic heterocycles. The van der Waals surface area contributed by atoms with Crippen LogP contribution in [0.25, 0.3) is 11.4 Å². The van der Waals surface area contributed by atoms with Crippen LogP contribution in [0.1, 0.15) is 25.0 Å². The Labute approximate surface area is 129 Å². The van der Waals surface area contributed by atoms with Gasteiger partial charge in [0.2, 0.25) is 5.91 Å². The summed E-state index contributed by atoms with van der Waals surface area (Å²) < 4.78 is 1.77. The second kappa shape index (κ2) is 6.51. The molecule has 2 heterocycles. The molecule has 1 atom stereocenters. The summed E-state index contributed by atoms with van der Waals surface area (Å²) in [5.74, 6) is 0.212. The predicted octanol–water partition coefficient (Wildman–Crippen LogP) is 1.85. The Morgan fingerprint density at radius 1 is 1.36 bits per heavy atom. The Hall–Kier alpha value is -2.50. The third-order valence-electron chi connectivity index (χ3n) is 3.89. The largest absolute Gasteiger partial charge is 0.350 e. The first-order chi connectivity index (χ1) is 10.7. The molecular weight excluding hydrogens is 278 g/mol. The van der Waals surface area contributed by atoms with Crippen LogP contribution in [0.3, 0.4) is 0 Å². The molecule has 0 radical (unpaired) electrons. The van der Waals surface area contributed by atoms with Crippen molar-refractivity contribution in [2.45, 2.75) is 25.8 Å². The van der Waals surface area contributed by atoms with Crippen molar-refractivity contribution in [2.24, 2.45) is 13.0 Å². The Morgan fingerprint density at radius 2 is 2.27 bits per heavy atom. The maximum atomic E-state index is 12.2. The number of carbonyl (C=O) groups is 1. The van der Waals surface area contributed by atoms with E-state index in [9.17, 15) is 4.79 Å². The summed E-state index contributed by atoms with van der Waals surface area (Å²) in [5, 5.41) is 7.43. The fourth-order valence-electron chi connectivity index (χ4n) is 2.58. The average Bonchev–Trinajstić information content (AvgIpc) is 2.95. The Morgan fingerprint density at radius 3 is 3.00 bits per heavy atom. The van der Waals surface area contributed by atoms with Gasteiger partial charge in [0.25, 0.3) is 0 Å². The van der Waals surface area contributed by atoms with Gasteiger partial charge in [-0.1, -0.05) is 12.2 Å². The van der Waals surface area contributed by atoms with Crippen molar-refractivity contribution in [2.75, 3.05) is 0 Å². The number of carbonyl (C=O) groups excluding carboxylic acids is 1. The molecule has 114 valence electrons. The number of nitrogens with zero attached hydrogens (tertiary/aromatic N) is 4. The topological polar surface area (TPSA) is 72.7 Å². The summed E-state index contributed by atoms with van der Waals surface area (Å²) in [6.45, 7) is 0.475. The number of allylic oxidation sites excluding steroid dienone is 2. The minimum Gasteiger partial charge on any atom is -0.350 e. The number of amides is 1. The number of aryl methyl sites for hydroxylation is 1. The van der Waals surface area contributed by atoms with E-state index in [0.29, 0.717) is 6.54 Å². The number of hydrogen-bond acceptors (Lipinski definition) is 4. The lowest BCUT2D eigenvalue weighted by atomic mass is 9.94. The van der Waals surface area contributed by atoms with E-state index in [1.807, 2.05) is 13.1 Å². The molecule has 22 heavy (non-hydrogen) atoms. The van der Waals surface area contributed by atoms with Crippen molar-refractivity contribution in [3.63, 3.8) is 0 Å². The summed E-state index contributed by atoms with van der Waals surface area (Å²) in [6, 6.07) is 1.94. The third kappa shape index (κ3) is 3.21. The van der Waals surface area contributed by atoms with Crippen molar-refractivity contribution < 1.29 is 4.79 Å². The lowest BCUT2D eigenvalue weighted by molar-refractivity contribution is -0.125. The molecule has 6 heteroatoms. The summed E-state index contributed by atoms with van der Waals surface area (Å²) in [7, 11) is 1.87. The zero-order chi connectivity index (χ0) is 15.4. The first-order valence-corrected chi connectivity index (χ1v) is 7.46. The van der Waals surface area contributed by atoms with Gasteiger partial charge in [-0.3, -0.25) is 19.4 Å². The van der Waals surface area contributed by atoms with Gasteiger partial charge in [-0.15, -0.1) is 0 Å². The van der Waals surface area contributed by atoms with Crippen molar-refractivity contribution in [3.05, 3.63) is 42.5 Å². The SMILES string of the molecule is Cn1nc(-c2cnccn2)cc1CNC(=O)C1CC=CCC1. The standard InChI is InChI=1S/C16H19N5O/c1-21-13(9-14(20-21)15-11-17-7-8-18-15)10-19-16(22)12-5-3-2-4-6-12/h2-3,7-9,11-12H,4-6,10H2,1H3,(H,19,22). The smallest absolute Gasteiger partial charge is 0.223 e. The minimum absolute atomic E-state index is 0.0951. The number of aromatic nitrogens is 4. The van der Waals surface area contributed by atoms with E-state index in [1.54, 1.807) is 23.3 Å². The van der Waals surface area contributed by atoms with E-state index in [0.717, 1.165) is 36.3 Å². The summed E-state index contributed by atoms with van der Waals surface area (Å²) in [6.07, 6.45) is 11.9. The van der Waals surface area contributed by atoms with Crippen LogP contribution in [0.4, 0.5) is 0 Å². The van der Waals surface area contributed by atoms with Crippen LogP contribution >= 0.6 is 0 Å². The number of rotatable bonds is 4. The quantitative estimate of drug-likeness (QED) is 0.874. The highest BCUT2D eigenvalue weighted by atomic mass is 16.1. The van der Waals surface area contributed by atoms with Crippen LogP contribution in [-0.4, -0.2) is 25.7 Å². The van der Waals surface area contributed by atoms with Crippen LogP contribution in [0.15, 0.2) is 36.8 Å². The highest BCUT2D eigenvalue weighted by Crippen LogP contribution is 2.19. The number of hydrogen-bond donors (Lipinski definition) is 1. The molecular formula is C16H19N5O. The van der Waals surface area contributed by atoms with Crippen LogP contribution in [0.2, 0.25) is 0 Å². The molecule has 1 amide bonds. The molecule has 6 nitrogen and oxygen atoms in total. The van der Waals surface area contributed by atoms with Crippen molar-refractivity contribution in [3.8, 4) is 11.4 Å². The maximum Gasteiger partial charge on any atom is 0.223 e. The fourth-order valence-corrected chi connectivity index (χ4v) is 2.58. The first-order valence-electron chi connectivity index (χ1n) is 7.46. The van der Waals surface area contributed by atoms with Crippen LogP contribution < -0.4 is 5.32 Å². The van der Waals surface area contributed by atoms with Gasteiger partial charge in [-0.2, -0.15) is 5.10 Å². The number of nitrogens with one attached hydrogen (secondary N) is 1. The molecule has 1 aliphatic carbocycles. The second-order valence-corrected chi connectivity index (χ2v) is 5.43. The van der Waals surface area contributed by atoms with Crippen molar-refractivity contribution in [1.82, 2.24) is 25.1 Å². The van der Waals surface area contributed by atoms with Gasteiger partial charge in [0.1, 0.15) is 11.4 Å². The van der Waals surface area contributed by atoms with Gasteiger partial charge < -0.3 is 5.32 Å². The lowest BCUT2D eigenvalue weighted by Gasteiger charge is -2.17. The molecule has 0 spiro atoms. The maximum absolute atomic E-state index is 12.2. The molecule has 3 rings (SSSR count). The van der Waals surface area contributed by atoms with E-state index in [2.05, 4.69) is 32.5 Å². The molecule has 1 aliphatic rings. The zero-order valence-electron chi connectivity index (χ0n) is 12.6. The highest BCUT2D eigenvalue weighted by Gasteiger charge is 2.18. The van der Waals surface area contributed by atoms with Crippen LogP contribution in [-0.2, 0) is 18.4 Å². The molecule has 0 aromatic carbocycles. The molecule has 0 saturated heterocycles. The highest BCUT2D eigenvalue weighted by molar-refractivity contribution is 5.78. The summed E-state index contributed by atoms with van der Waals surface area (Å²) in [5.41, 5.74) is 2.44. The van der Waals surface area contributed by atoms with E-state index >= 15 is 0 Å². The second-order valence-electron chi connectivity index (χ2n) is 5.43. The van der Waals surface area contributed by atoms with E-state index in [1.165, 1.54) is 0 Å². The molecule has 1 N–H and O–H groups in total. The van der Waals surface area contributed by atoms with E-state index in [4.69, 9.17) is 0 Å². The van der Waals surface area contributed by atoms with Crippen molar-refractivity contribution in [1.29, 1.82) is 0 Å². The van der Waals surface area contributed by atoms with Gasteiger partial charge in [-0.05, 0) is 25.3 Å². The van der Waals surface area contributed by atoms with Gasteiger partial charge >= 0.3 is 0 Å². The van der Waals surface area contributed by atoms with Gasteiger partial charge in [-0.25, -0.2) is 0 Å². The zero-order valence-corrected chi connectivity index (χ0v) is 12.6. The summed E-state index contributed by atoms with van der Waals surface area (Å²) in [4.78, 5) is 20.4. The monoisotopic (exact) mass is 297 g/mol. The summed E-state index contributed by atoms with van der Waals surface area (Å²) >= 11 is 0. The molecule has 0 fully saturated rings. The van der Waals surface area contributed by atoms with Gasteiger partial charge in [0.05, 0.1) is 18.4 Å². The van der Waals surface area contributed by atoms with Crippen molar-refractivity contribution >= 4 is 5.91 Å². The normalized spacial score (nSPS) is 17.4. The molecule has 0 bridgehead atoms. The van der Waals surface area contributed by atoms with E-state index in [-0.39, 0.29) is 11.8 Å². The molecule has 2 aromatic heterocycles. The van der Waals surface area contributed by atoms with E-state index < -0.39 is 0 Å². The molecule has 1 unspecified atom stereocenters. The van der Waals surface area contributed by atoms with Crippen LogP contribution in [0, 0.1) is 5.92 Å². The Bertz CT molecular complexity index is 677. The average molecular weight is 297 g/mol. The predicted molar refractivity (Wildman–Crippen MR) is 82.6 cm³/mol. The fraction of sp³-hybridized carbons (Fsp3) is 0.375.